The molecule has 0 saturated heterocycles. The molecule has 1 fully saturated rings. The summed E-state index contributed by atoms with van der Waals surface area (Å²) in [7, 11) is 0. The Morgan fingerprint density at radius 3 is 2.53 bits per heavy atom. The summed E-state index contributed by atoms with van der Waals surface area (Å²) in [6.07, 6.45) is -0.896. The molecule has 1 aromatic rings. The molecule has 6 heteroatoms. The summed E-state index contributed by atoms with van der Waals surface area (Å²) in [6.45, 7) is 2.08. The fourth-order valence-electron chi connectivity index (χ4n) is 1.80. The van der Waals surface area contributed by atoms with Gasteiger partial charge in [-0.2, -0.15) is 0 Å². The van der Waals surface area contributed by atoms with Gasteiger partial charge in [0.2, 0.25) is 6.43 Å². The van der Waals surface area contributed by atoms with Crippen molar-refractivity contribution in [3.8, 4) is 0 Å². The van der Waals surface area contributed by atoms with Crippen molar-refractivity contribution in [2.75, 3.05) is 5.32 Å². The smallest absolute Gasteiger partial charge is 0.243 e. The standard InChI is InChI=1S/C13H17F2N3.HI/c1-2-8-3-5-9(6-4-8)17-13(16)18-11-7-10(11)12(14)15;/h3-6,10-12H,2,7H2,1H3,(H3,16,17,18);1H/t10-,11-;/m0./s1. The molecule has 0 spiro atoms. The number of nitrogens with two attached hydrogens (primary N) is 1. The highest BCUT2D eigenvalue weighted by molar-refractivity contribution is 14.0. The van der Waals surface area contributed by atoms with E-state index in [1.807, 2.05) is 24.3 Å². The topological polar surface area (TPSA) is 50.4 Å². The molecule has 1 aliphatic rings. The van der Waals surface area contributed by atoms with Crippen LogP contribution in [0, 0.1) is 5.92 Å². The normalized spacial score (nSPS) is 22.0. The van der Waals surface area contributed by atoms with Gasteiger partial charge in [-0.15, -0.1) is 24.0 Å². The summed E-state index contributed by atoms with van der Waals surface area (Å²) in [5.41, 5.74) is 7.73. The minimum absolute atomic E-state index is 0. The van der Waals surface area contributed by atoms with Crippen LogP contribution in [-0.2, 0) is 6.42 Å². The summed E-state index contributed by atoms with van der Waals surface area (Å²) >= 11 is 0. The van der Waals surface area contributed by atoms with Crippen molar-refractivity contribution >= 4 is 35.6 Å². The number of hydrogen-bond donors (Lipinski definition) is 2. The molecule has 0 unspecified atom stereocenters. The molecule has 1 saturated carbocycles. The Morgan fingerprint density at radius 2 is 2.05 bits per heavy atom. The maximum atomic E-state index is 12.3. The number of nitrogens with one attached hydrogen (secondary N) is 1. The number of halogens is 3. The number of aryl methyl sites for hydroxylation is 1. The molecule has 106 valence electrons. The highest BCUT2D eigenvalue weighted by Crippen LogP contribution is 2.38. The van der Waals surface area contributed by atoms with Crippen LogP contribution >= 0.6 is 24.0 Å². The van der Waals surface area contributed by atoms with E-state index in [4.69, 9.17) is 5.73 Å². The molecule has 2 atom stereocenters. The first-order chi connectivity index (χ1) is 8.60. The number of rotatable bonds is 4. The van der Waals surface area contributed by atoms with Crippen LogP contribution in [-0.4, -0.2) is 18.4 Å². The largest absolute Gasteiger partial charge is 0.370 e. The Morgan fingerprint density at radius 1 is 1.42 bits per heavy atom. The zero-order chi connectivity index (χ0) is 13.1. The van der Waals surface area contributed by atoms with Crippen LogP contribution < -0.4 is 11.1 Å². The van der Waals surface area contributed by atoms with Gasteiger partial charge in [-0.3, -0.25) is 0 Å². The predicted molar refractivity (Wildman–Crippen MR) is 84.4 cm³/mol. The van der Waals surface area contributed by atoms with E-state index in [-0.39, 0.29) is 36.0 Å². The number of alkyl halides is 2. The minimum Gasteiger partial charge on any atom is -0.370 e. The average molecular weight is 381 g/mol. The van der Waals surface area contributed by atoms with Gasteiger partial charge < -0.3 is 11.1 Å². The first-order valence-corrected chi connectivity index (χ1v) is 6.07. The van der Waals surface area contributed by atoms with E-state index in [1.54, 1.807) is 0 Å². The number of guanidine groups is 1. The quantitative estimate of drug-likeness (QED) is 0.478. The third kappa shape index (κ3) is 4.59. The van der Waals surface area contributed by atoms with Crippen LogP contribution in [0.5, 0.6) is 0 Å². The molecule has 1 aliphatic carbocycles. The number of benzene rings is 1. The van der Waals surface area contributed by atoms with Crippen LogP contribution in [0.4, 0.5) is 14.5 Å². The molecule has 3 nitrogen and oxygen atoms in total. The van der Waals surface area contributed by atoms with Gasteiger partial charge in [0.25, 0.3) is 0 Å². The van der Waals surface area contributed by atoms with E-state index < -0.39 is 12.3 Å². The van der Waals surface area contributed by atoms with Crippen molar-refractivity contribution < 1.29 is 8.78 Å². The van der Waals surface area contributed by atoms with E-state index in [0.717, 1.165) is 12.1 Å². The van der Waals surface area contributed by atoms with Crippen LogP contribution in [0.25, 0.3) is 0 Å². The number of nitrogens with zero attached hydrogens (tertiary/aromatic N) is 1. The molecule has 3 N–H and O–H groups in total. The fraction of sp³-hybridized carbons (Fsp3) is 0.462. The number of anilines is 1. The van der Waals surface area contributed by atoms with Crippen LogP contribution in [0.15, 0.2) is 29.3 Å². The highest BCUT2D eigenvalue weighted by atomic mass is 127. The molecular formula is C13H18F2IN3. The number of hydrogen-bond acceptors (Lipinski definition) is 1. The zero-order valence-corrected chi connectivity index (χ0v) is 13.0. The summed E-state index contributed by atoms with van der Waals surface area (Å²) < 4.78 is 24.6. The maximum absolute atomic E-state index is 12.3. The van der Waals surface area contributed by atoms with Gasteiger partial charge >= 0.3 is 0 Å². The van der Waals surface area contributed by atoms with Crippen molar-refractivity contribution in [2.24, 2.45) is 16.6 Å². The summed E-state index contributed by atoms with van der Waals surface area (Å²) in [4.78, 5) is 4.03. The zero-order valence-electron chi connectivity index (χ0n) is 10.6. The SMILES string of the molecule is CCc1ccc(NC(N)=N[C@H]2C[C@@H]2C(F)F)cc1.I. The Balaban J connectivity index is 0.00000180. The fourth-order valence-corrected chi connectivity index (χ4v) is 1.80. The van der Waals surface area contributed by atoms with Crippen LogP contribution in [0.3, 0.4) is 0 Å². The third-order valence-corrected chi connectivity index (χ3v) is 3.07. The highest BCUT2D eigenvalue weighted by Gasteiger charge is 2.44. The van der Waals surface area contributed by atoms with E-state index in [0.29, 0.717) is 6.42 Å². The van der Waals surface area contributed by atoms with Crippen molar-refractivity contribution in [3.63, 3.8) is 0 Å². The van der Waals surface area contributed by atoms with Gasteiger partial charge in [-0.25, -0.2) is 13.8 Å². The van der Waals surface area contributed by atoms with E-state index in [9.17, 15) is 8.78 Å². The third-order valence-electron chi connectivity index (χ3n) is 3.07. The molecule has 19 heavy (non-hydrogen) atoms. The molecule has 0 aliphatic heterocycles. The van der Waals surface area contributed by atoms with E-state index in [2.05, 4.69) is 17.2 Å². The molecule has 0 radical (unpaired) electrons. The summed E-state index contributed by atoms with van der Waals surface area (Å²) in [5.74, 6) is -0.416. The van der Waals surface area contributed by atoms with E-state index >= 15 is 0 Å². The lowest BCUT2D eigenvalue weighted by Gasteiger charge is -2.06. The molecule has 0 bridgehead atoms. The van der Waals surface area contributed by atoms with Crippen molar-refractivity contribution in [1.82, 2.24) is 0 Å². The van der Waals surface area contributed by atoms with Crippen LogP contribution in [0.2, 0.25) is 0 Å². The van der Waals surface area contributed by atoms with Crippen LogP contribution in [0.1, 0.15) is 18.9 Å². The van der Waals surface area contributed by atoms with Gasteiger partial charge in [0, 0.05) is 11.6 Å². The van der Waals surface area contributed by atoms with Crippen molar-refractivity contribution in [1.29, 1.82) is 0 Å². The first kappa shape index (κ1) is 16.1. The van der Waals surface area contributed by atoms with Gasteiger partial charge in [-0.1, -0.05) is 19.1 Å². The second kappa shape index (κ2) is 7.02. The maximum Gasteiger partial charge on any atom is 0.243 e. The Bertz CT molecular complexity index is 434. The molecule has 0 heterocycles. The molecular weight excluding hydrogens is 363 g/mol. The lowest BCUT2D eigenvalue weighted by Crippen LogP contribution is -2.23. The van der Waals surface area contributed by atoms with E-state index in [1.165, 1.54) is 5.56 Å². The van der Waals surface area contributed by atoms with Gasteiger partial charge in [0.1, 0.15) is 0 Å². The minimum atomic E-state index is -2.30. The predicted octanol–water partition coefficient (Wildman–Crippen LogP) is 3.25. The lowest BCUT2D eigenvalue weighted by molar-refractivity contribution is 0.121. The lowest BCUT2D eigenvalue weighted by atomic mass is 10.1. The Labute approximate surface area is 128 Å². The summed E-state index contributed by atoms with van der Waals surface area (Å²) in [6, 6.07) is 7.47. The van der Waals surface area contributed by atoms with Gasteiger partial charge in [0.15, 0.2) is 5.96 Å². The Hall–Kier alpha value is -0.920. The number of aliphatic imine (C=N–C) groups is 1. The summed E-state index contributed by atoms with van der Waals surface area (Å²) in [5, 5.41) is 2.91. The van der Waals surface area contributed by atoms with Gasteiger partial charge in [0.05, 0.1) is 6.04 Å². The monoisotopic (exact) mass is 381 g/mol. The average Bonchev–Trinajstić information content (AvgIpc) is 3.09. The Kier molecular flexibility index (Phi) is 5.96. The van der Waals surface area contributed by atoms with Gasteiger partial charge in [-0.05, 0) is 30.5 Å². The molecule has 0 amide bonds. The molecule has 2 rings (SSSR count). The second-order valence-corrected chi connectivity index (χ2v) is 4.49. The van der Waals surface area contributed by atoms with Crippen molar-refractivity contribution in [2.45, 2.75) is 32.2 Å². The van der Waals surface area contributed by atoms with Crippen molar-refractivity contribution in [3.05, 3.63) is 29.8 Å². The second-order valence-electron chi connectivity index (χ2n) is 4.49. The first-order valence-electron chi connectivity index (χ1n) is 6.07. The molecule has 0 aromatic heterocycles. The molecule has 1 aromatic carbocycles.